The molecule has 1 amide bonds. The summed E-state index contributed by atoms with van der Waals surface area (Å²) < 4.78 is 0. The smallest absolute Gasteiger partial charge is 0.223 e. The molecule has 1 saturated heterocycles. The fraction of sp³-hybridized carbons (Fsp3) is 0.286. The Kier molecular flexibility index (Phi) is 3.66. The van der Waals surface area contributed by atoms with Crippen molar-refractivity contribution in [1.29, 1.82) is 0 Å². The lowest BCUT2D eigenvalue weighted by atomic mass is 9.74. The monoisotopic (exact) mass is 352 g/mol. The van der Waals surface area contributed by atoms with Gasteiger partial charge in [0.05, 0.1) is 0 Å². The predicted octanol–water partition coefficient (Wildman–Crippen LogP) is 4.37. The molecule has 1 fully saturated rings. The molecule has 25 heavy (non-hydrogen) atoms. The van der Waals surface area contributed by atoms with E-state index in [0.717, 1.165) is 5.56 Å². The summed E-state index contributed by atoms with van der Waals surface area (Å²) in [5.41, 5.74) is 2.65. The molecule has 1 atom stereocenters. The van der Waals surface area contributed by atoms with Crippen LogP contribution in [-0.4, -0.2) is 18.1 Å². The Hall–Kier alpha value is -2.26. The molecule has 1 N–H and O–H groups in total. The lowest BCUT2D eigenvalue weighted by Crippen LogP contribution is -2.68. The van der Waals surface area contributed by atoms with Gasteiger partial charge in [0.2, 0.25) is 5.91 Å². The third-order valence-corrected chi connectivity index (χ3v) is 5.74. The molecule has 128 valence electrons. The van der Waals surface area contributed by atoms with Crippen LogP contribution in [0.1, 0.15) is 31.4 Å². The summed E-state index contributed by atoms with van der Waals surface area (Å²) in [5, 5.41) is 3.99. The number of hydrogen-bond acceptors (Lipinski definition) is 2. The lowest BCUT2D eigenvalue weighted by Gasteiger charge is -2.49. The predicted molar refractivity (Wildman–Crippen MR) is 103 cm³/mol. The second-order valence-corrected chi connectivity index (χ2v) is 7.68. The van der Waals surface area contributed by atoms with Gasteiger partial charge < -0.3 is 10.2 Å². The van der Waals surface area contributed by atoms with Crippen LogP contribution in [0.25, 0.3) is 6.08 Å². The van der Waals surface area contributed by atoms with Gasteiger partial charge in [-0.3, -0.25) is 4.79 Å². The topological polar surface area (TPSA) is 32.3 Å². The summed E-state index contributed by atoms with van der Waals surface area (Å²) in [6.07, 6.45) is 4.69. The van der Waals surface area contributed by atoms with E-state index < -0.39 is 5.66 Å². The third kappa shape index (κ3) is 2.37. The van der Waals surface area contributed by atoms with Crippen LogP contribution in [0.3, 0.4) is 0 Å². The summed E-state index contributed by atoms with van der Waals surface area (Å²) in [6, 6.07) is 16.2. The van der Waals surface area contributed by atoms with Crippen LogP contribution in [-0.2, 0) is 10.2 Å². The number of anilines is 1. The number of carbonyl (C=O) groups excluding carboxylic acids is 1. The van der Waals surface area contributed by atoms with E-state index >= 15 is 0 Å². The van der Waals surface area contributed by atoms with Crippen molar-refractivity contribution in [3.63, 3.8) is 0 Å². The maximum absolute atomic E-state index is 12.3. The summed E-state index contributed by atoms with van der Waals surface area (Å²) in [6.45, 7) is 5.10. The summed E-state index contributed by atoms with van der Waals surface area (Å²) in [5.74, 6) is 0.0906. The Morgan fingerprint density at radius 2 is 1.96 bits per heavy atom. The van der Waals surface area contributed by atoms with Gasteiger partial charge in [0.1, 0.15) is 5.66 Å². The van der Waals surface area contributed by atoms with Crippen LogP contribution >= 0.6 is 11.6 Å². The van der Waals surface area contributed by atoms with Gasteiger partial charge in [0.25, 0.3) is 0 Å². The van der Waals surface area contributed by atoms with Crippen molar-refractivity contribution in [2.45, 2.75) is 31.3 Å². The largest absolute Gasteiger partial charge is 0.344 e. The van der Waals surface area contributed by atoms with E-state index in [9.17, 15) is 4.79 Å². The Morgan fingerprint density at radius 3 is 2.76 bits per heavy atom. The second-order valence-electron chi connectivity index (χ2n) is 7.25. The number of amides is 1. The molecule has 0 spiro atoms. The molecule has 4 heteroatoms. The van der Waals surface area contributed by atoms with E-state index in [2.05, 4.69) is 60.5 Å². The molecule has 2 aliphatic heterocycles. The van der Waals surface area contributed by atoms with Crippen LogP contribution in [0, 0.1) is 0 Å². The molecule has 4 rings (SSSR count). The second kappa shape index (κ2) is 5.63. The average molecular weight is 353 g/mol. The average Bonchev–Trinajstić information content (AvgIpc) is 2.78. The SMILES string of the molecule is CC1(C)c2ccccc2N2CCC(=O)N[C@@]21/C=C/c1cccc(Cl)c1. The maximum Gasteiger partial charge on any atom is 0.223 e. The molecule has 2 aliphatic rings. The first-order valence-corrected chi connectivity index (χ1v) is 8.95. The summed E-state index contributed by atoms with van der Waals surface area (Å²) in [4.78, 5) is 14.6. The van der Waals surface area contributed by atoms with Crippen molar-refractivity contribution in [3.05, 3.63) is 70.8 Å². The van der Waals surface area contributed by atoms with E-state index in [0.29, 0.717) is 18.0 Å². The fourth-order valence-electron chi connectivity index (χ4n) is 4.15. The maximum atomic E-state index is 12.3. The fourth-order valence-corrected chi connectivity index (χ4v) is 4.34. The number of fused-ring (bicyclic) bond motifs is 3. The molecular weight excluding hydrogens is 332 g/mol. The molecule has 2 heterocycles. The first kappa shape index (κ1) is 16.2. The van der Waals surface area contributed by atoms with Crippen molar-refractivity contribution < 1.29 is 4.79 Å². The normalized spacial score (nSPS) is 24.1. The number of nitrogens with zero attached hydrogens (tertiary/aromatic N) is 1. The van der Waals surface area contributed by atoms with Gasteiger partial charge >= 0.3 is 0 Å². The van der Waals surface area contributed by atoms with Gasteiger partial charge in [-0.25, -0.2) is 0 Å². The van der Waals surface area contributed by atoms with Gasteiger partial charge in [0.15, 0.2) is 0 Å². The minimum Gasteiger partial charge on any atom is -0.344 e. The first-order valence-electron chi connectivity index (χ1n) is 8.57. The highest BCUT2D eigenvalue weighted by molar-refractivity contribution is 6.30. The lowest BCUT2D eigenvalue weighted by molar-refractivity contribution is -0.124. The number of para-hydroxylation sites is 1. The van der Waals surface area contributed by atoms with Gasteiger partial charge in [-0.1, -0.05) is 61.9 Å². The van der Waals surface area contributed by atoms with Crippen LogP contribution in [0.4, 0.5) is 5.69 Å². The Bertz CT molecular complexity index is 874. The van der Waals surface area contributed by atoms with Crippen molar-refractivity contribution in [2.24, 2.45) is 0 Å². The molecule has 2 aromatic rings. The van der Waals surface area contributed by atoms with E-state index in [1.165, 1.54) is 11.3 Å². The molecule has 0 aromatic heterocycles. The molecule has 0 saturated carbocycles. The van der Waals surface area contributed by atoms with Crippen molar-refractivity contribution >= 4 is 29.3 Å². The molecular formula is C21H21ClN2O. The first-order chi connectivity index (χ1) is 11.9. The van der Waals surface area contributed by atoms with Crippen molar-refractivity contribution in [3.8, 4) is 0 Å². The van der Waals surface area contributed by atoms with Crippen LogP contribution in [0.2, 0.25) is 5.02 Å². The van der Waals surface area contributed by atoms with E-state index in [1.807, 2.05) is 24.3 Å². The van der Waals surface area contributed by atoms with Crippen LogP contribution in [0.15, 0.2) is 54.6 Å². The molecule has 2 aromatic carbocycles. The number of benzene rings is 2. The third-order valence-electron chi connectivity index (χ3n) is 5.50. The molecule has 0 aliphatic carbocycles. The highest BCUT2D eigenvalue weighted by Gasteiger charge is 2.57. The number of rotatable bonds is 2. The molecule has 0 unspecified atom stereocenters. The zero-order valence-corrected chi connectivity index (χ0v) is 15.2. The van der Waals surface area contributed by atoms with Crippen molar-refractivity contribution in [1.82, 2.24) is 5.32 Å². The number of nitrogens with one attached hydrogen (secondary N) is 1. The molecule has 3 nitrogen and oxygen atoms in total. The van der Waals surface area contributed by atoms with Gasteiger partial charge in [-0.2, -0.15) is 0 Å². The van der Waals surface area contributed by atoms with Gasteiger partial charge in [-0.15, -0.1) is 0 Å². The highest BCUT2D eigenvalue weighted by atomic mass is 35.5. The van der Waals surface area contributed by atoms with E-state index in [4.69, 9.17) is 11.6 Å². The Balaban J connectivity index is 1.85. The summed E-state index contributed by atoms with van der Waals surface area (Å²) >= 11 is 6.11. The molecule has 0 radical (unpaired) electrons. The number of hydrogen-bond donors (Lipinski definition) is 1. The minimum atomic E-state index is -0.575. The summed E-state index contributed by atoms with van der Waals surface area (Å²) in [7, 11) is 0. The Morgan fingerprint density at radius 1 is 1.16 bits per heavy atom. The number of halogens is 1. The van der Waals surface area contributed by atoms with Crippen LogP contribution < -0.4 is 10.2 Å². The van der Waals surface area contributed by atoms with Crippen molar-refractivity contribution in [2.75, 3.05) is 11.4 Å². The standard InChI is InChI=1S/C21H21ClN2O/c1-20(2)17-8-3-4-9-18(17)24-13-11-19(25)23-21(20,24)12-10-15-6-5-7-16(22)14-15/h3-10,12,14H,11,13H2,1-2H3,(H,23,25)/b12-10+/t21-/m0/s1. The number of carbonyl (C=O) groups is 1. The van der Waals surface area contributed by atoms with Crippen LogP contribution in [0.5, 0.6) is 0 Å². The Labute approximate surface area is 153 Å². The molecule has 0 bridgehead atoms. The highest BCUT2D eigenvalue weighted by Crippen LogP contribution is 2.52. The zero-order chi connectivity index (χ0) is 17.7. The van der Waals surface area contributed by atoms with E-state index in [-0.39, 0.29) is 11.3 Å². The minimum absolute atomic E-state index is 0.0906. The van der Waals surface area contributed by atoms with Gasteiger partial charge in [-0.05, 0) is 35.4 Å². The van der Waals surface area contributed by atoms with E-state index in [1.54, 1.807) is 0 Å². The van der Waals surface area contributed by atoms with Gasteiger partial charge in [0, 0.05) is 29.1 Å². The zero-order valence-electron chi connectivity index (χ0n) is 14.4. The quantitative estimate of drug-likeness (QED) is 0.870.